The Morgan fingerprint density at radius 1 is 1.04 bits per heavy atom. The quantitative estimate of drug-likeness (QED) is 0.581. The van der Waals surface area contributed by atoms with E-state index in [9.17, 15) is 14.9 Å². The van der Waals surface area contributed by atoms with Crippen molar-refractivity contribution in [1.29, 1.82) is 0 Å². The van der Waals surface area contributed by atoms with E-state index in [0.29, 0.717) is 28.4 Å². The summed E-state index contributed by atoms with van der Waals surface area (Å²) >= 11 is 0. The van der Waals surface area contributed by atoms with Gasteiger partial charge in [0.2, 0.25) is 6.23 Å². The second-order valence-corrected chi connectivity index (χ2v) is 5.48. The SMILES string of the molecule is O=C1N[C@@H](c2ccc(-c3cccc([N+](=O)[O-])c3)o2)Oc2ccccc21. The van der Waals surface area contributed by atoms with Crippen molar-refractivity contribution in [3.63, 3.8) is 0 Å². The van der Waals surface area contributed by atoms with E-state index >= 15 is 0 Å². The summed E-state index contributed by atoms with van der Waals surface area (Å²) in [5.41, 5.74) is 1.01. The topological polar surface area (TPSA) is 94.6 Å². The molecule has 0 radical (unpaired) electrons. The van der Waals surface area contributed by atoms with Crippen LogP contribution in [0.2, 0.25) is 0 Å². The van der Waals surface area contributed by atoms with Crippen molar-refractivity contribution in [3.8, 4) is 17.1 Å². The van der Waals surface area contributed by atoms with Gasteiger partial charge in [0.1, 0.15) is 11.5 Å². The number of hydrogen-bond acceptors (Lipinski definition) is 5. The number of nitro groups is 1. The number of furan rings is 1. The Hall–Kier alpha value is -3.61. The first-order valence-corrected chi connectivity index (χ1v) is 7.53. The smallest absolute Gasteiger partial charge is 0.270 e. The van der Waals surface area contributed by atoms with Crippen molar-refractivity contribution >= 4 is 11.6 Å². The molecule has 1 atom stereocenters. The van der Waals surface area contributed by atoms with Crippen molar-refractivity contribution in [3.05, 3.63) is 82.1 Å². The summed E-state index contributed by atoms with van der Waals surface area (Å²) in [7, 11) is 0. The number of para-hydroxylation sites is 1. The highest BCUT2D eigenvalue weighted by Gasteiger charge is 2.28. The second-order valence-electron chi connectivity index (χ2n) is 5.48. The summed E-state index contributed by atoms with van der Waals surface area (Å²) in [4.78, 5) is 22.6. The van der Waals surface area contributed by atoms with Crippen LogP contribution in [0.1, 0.15) is 22.3 Å². The number of hydrogen-bond donors (Lipinski definition) is 1. The summed E-state index contributed by atoms with van der Waals surface area (Å²) in [6.07, 6.45) is -0.755. The van der Waals surface area contributed by atoms with E-state index in [0.717, 1.165) is 0 Å². The highest BCUT2D eigenvalue weighted by atomic mass is 16.6. The van der Waals surface area contributed by atoms with Crippen molar-refractivity contribution in [2.24, 2.45) is 0 Å². The molecule has 1 N–H and O–H groups in total. The van der Waals surface area contributed by atoms with E-state index in [4.69, 9.17) is 9.15 Å². The normalized spacial score (nSPS) is 15.8. The van der Waals surface area contributed by atoms with Crippen LogP contribution in [0.15, 0.2) is 65.1 Å². The molecule has 0 saturated heterocycles. The van der Waals surface area contributed by atoms with Crippen LogP contribution in [0.4, 0.5) is 5.69 Å². The van der Waals surface area contributed by atoms with Gasteiger partial charge in [0.05, 0.1) is 10.5 Å². The zero-order chi connectivity index (χ0) is 17.4. The molecular formula is C18H12N2O5. The maximum Gasteiger partial charge on any atom is 0.270 e. The maximum absolute atomic E-state index is 12.2. The average Bonchev–Trinajstić information content (AvgIpc) is 3.12. The number of ether oxygens (including phenoxy) is 1. The van der Waals surface area contributed by atoms with E-state index in [1.54, 1.807) is 48.5 Å². The lowest BCUT2D eigenvalue weighted by molar-refractivity contribution is -0.384. The molecule has 1 aliphatic rings. The number of carbonyl (C=O) groups is 1. The van der Waals surface area contributed by atoms with E-state index < -0.39 is 11.2 Å². The summed E-state index contributed by atoms with van der Waals surface area (Å²) < 4.78 is 11.5. The van der Waals surface area contributed by atoms with E-state index in [2.05, 4.69) is 5.32 Å². The molecule has 1 aromatic heterocycles. The first-order chi connectivity index (χ1) is 12.1. The van der Waals surface area contributed by atoms with Gasteiger partial charge in [-0.3, -0.25) is 14.9 Å². The Kier molecular flexibility index (Phi) is 3.46. The fourth-order valence-electron chi connectivity index (χ4n) is 2.66. The first-order valence-electron chi connectivity index (χ1n) is 7.53. The molecule has 4 rings (SSSR count). The molecule has 2 aromatic carbocycles. The van der Waals surface area contributed by atoms with Crippen molar-refractivity contribution in [2.45, 2.75) is 6.23 Å². The molecule has 0 fully saturated rings. The van der Waals surface area contributed by atoms with Crippen LogP contribution in [-0.4, -0.2) is 10.8 Å². The summed E-state index contributed by atoms with van der Waals surface area (Å²) in [6.45, 7) is 0. The first kappa shape index (κ1) is 14.9. The predicted molar refractivity (Wildman–Crippen MR) is 88.1 cm³/mol. The van der Waals surface area contributed by atoms with Gasteiger partial charge in [-0.05, 0) is 24.3 Å². The number of fused-ring (bicyclic) bond motifs is 1. The number of amides is 1. The molecule has 2 heterocycles. The molecule has 1 aliphatic heterocycles. The lowest BCUT2D eigenvalue weighted by Crippen LogP contribution is -2.36. The van der Waals surface area contributed by atoms with Crippen LogP contribution in [0, 0.1) is 10.1 Å². The molecule has 3 aromatic rings. The minimum atomic E-state index is -0.755. The monoisotopic (exact) mass is 336 g/mol. The molecule has 7 heteroatoms. The highest BCUT2D eigenvalue weighted by Crippen LogP contribution is 2.32. The van der Waals surface area contributed by atoms with Crippen molar-refractivity contribution < 1.29 is 18.9 Å². The number of rotatable bonds is 3. The minimum Gasteiger partial charge on any atom is -0.462 e. The van der Waals surface area contributed by atoms with Crippen LogP contribution in [0.3, 0.4) is 0 Å². The molecule has 0 bridgehead atoms. The molecular weight excluding hydrogens is 324 g/mol. The fraction of sp³-hybridized carbons (Fsp3) is 0.0556. The zero-order valence-electron chi connectivity index (χ0n) is 12.8. The summed E-state index contributed by atoms with van der Waals surface area (Å²) in [5.74, 6) is 1.09. The average molecular weight is 336 g/mol. The number of nitrogens with one attached hydrogen (secondary N) is 1. The van der Waals surface area contributed by atoms with Crippen molar-refractivity contribution in [2.75, 3.05) is 0 Å². The van der Waals surface area contributed by atoms with E-state index in [1.807, 2.05) is 0 Å². The van der Waals surface area contributed by atoms with Crippen LogP contribution in [0.5, 0.6) is 5.75 Å². The van der Waals surface area contributed by atoms with Crippen LogP contribution < -0.4 is 10.1 Å². The summed E-state index contributed by atoms with van der Waals surface area (Å²) in [5, 5.41) is 13.6. The number of carbonyl (C=O) groups excluding carboxylic acids is 1. The Morgan fingerprint density at radius 3 is 2.72 bits per heavy atom. The Bertz CT molecular complexity index is 979. The Labute approximate surface area is 142 Å². The van der Waals surface area contributed by atoms with Gasteiger partial charge in [-0.1, -0.05) is 24.3 Å². The minimum absolute atomic E-state index is 0.0217. The van der Waals surface area contributed by atoms with Gasteiger partial charge >= 0.3 is 0 Å². The van der Waals surface area contributed by atoms with Gasteiger partial charge in [0, 0.05) is 17.7 Å². The molecule has 1 amide bonds. The molecule has 7 nitrogen and oxygen atoms in total. The molecule has 0 unspecified atom stereocenters. The largest absolute Gasteiger partial charge is 0.462 e. The van der Waals surface area contributed by atoms with Crippen LogP contribution in [-0.2, 0) is 0 Å². The van der Waals surface area contributed by atoms with Gasteiger partial charge in [-0.25, -0.2) is 0 Å². The number of nitro benzene ring substituents is 1. The lowest BCUT2D eigenvalue weighted by Gasteiger charge is -2.25. The van der Waals surface area contributed by atoms with Gasteiger partial charge in [-0.15, -0.1) is 0 Å². The lowest BCUT2D eigenvalue weighted by atomic mass is 10.1. The molecule has 0 aliphatic carbocycles. The van der Waals surface area contributed by atoms with E-state index in [1.165, 1.54) is 12.1 Å². The van der Waals surface area contributed by atoms with Gasteiger partial charge in [0.15, 0.2) is 5.76 Å². The third-order valence-corrected chi connectivity index (χ3v) is 3.87. The Balaban J connectivity index is 1.63. The van der Waals surface area contributed by atoms with Crippen molar-refractivity contribution in [1.82, 2.24) is 5.32 Å². The number of non-ortho nitro benzene ring substituents is 1. The second kappa shape index (κ2) is 5.79. The summed E-state index contributed by atoms with van der Waals surface area (Å²) in [6, 6.07) is 16.4. The van der Waals surface area contributed by atoms with E-state index in [-0.39, 0.29) is 11.6 Å². The fourth-order valence-corrected chi connectivity index (χ4v) is 2.66. The third kappa shape index (κ3) is 2.72. The van der Waals surface area contributed by atoms with Crippen LogP contribution in [0.25, 0.3) is 11.3 Å². The molecule has 25 heavy (non-hydrogen) atoms. The standard InChI is InChI=1S/C18H12N2O5/c21-17-13-6-1-2-7-15(13)25-18(19-17)16-9-8-14(24-16)11-4-3-5-12(10-11)20(22)23/h1-10,18H,(H,19,21)/t18-/m1/s1. The molecule has 124 valence electrons. The predicted octanol–water partition coefficient (Wildman–Crippen LogP) is 3.68. The number of nitrogens with zero attached hydrogens (tertiary/aromatic N) is 1. The third-order valence-electron chi connectivity index (χ3n) is 3.87. The molecule has 0 saturated carbocycles. The van der Waals surface area contributed by atoms with Gasteiger partial charge in [0.25, 0.3) is 11.6 Å². The maximum atomic E-state index is 12.2. The highest BCUT2D eigenvalue weighted by molar-refractivity contribution is 5.97. The van der Waals surface area contributed by atoms with Gasteiger partial charge < -0.3 is 14.5 Å². The van der Waals surface area contributed by atoms with Crippen LogP contribution >= 0.6 is 0 Å². The zero-order valence-corrected chi connectivity index (χ0v) is 12.8. The molecule has 0 spiro atoms. The van der Waals surface area contributed by atoms with Gasteiger partial charge in [-0.2, -0.15) is 0 Å². The number of benzene rings is 2. The Morgan fingerprint density at radius 2 is 1.88 bits per heavy atom.